The Morgan fingerprint density at radius 1 is 1.16 bits per heavy atom. The lowest BCUT2D eigenvalue weighted by molar-refractivity contribution is -0.385. The van der Waals surface area contributed by atoms with E-state index in [1.165, 1.54) is 37.5 Å². The molecule has 4 rings (SSSR count). The number of nitro benzene ring substituents is 1. The summed E-state index contributed by atoms with van der Waals surface area (Å²) in [6.07, 6.45) is 3.54. The number of carboxylic acid groups (broad SMARTS) is 1. The van der Waals surface area contributed by atoms with Gasteiger partial charge in [-0.15, -0.1) is 0 Å². The standard InChI is InChI=1S/C25H28N6O6/c1-14(32)20-12-27-22(13-26-20)28-23-11-19(29-30(23)25(2,3)4)16-6-5-15(9-16)18-10-17(31(35)36)7-8-21(18)37-24(33)34/h7-8,10-13,15-16H,5-6,9H2,1-4H3,(H,27,28)(H,33,34)/t15-,16+/m1/s1. The number of carbonyl (C=O) groups excluding carboxylic acids is 1. The molecule has 3 aromatic rings. The monoisotopic (exact) mass is 508 g/mol. The second kappa shape index (κ2) is 9.96. The van der Waals surface area contributed by atoms with Crippen LogP contribution in [0.3, 0.4) is 0 Å². The van der Waals surface area contributed by atoms with Crippen molar-refractivity contribution in [1.82, 2.24) is 19.7 Å². The normalized spacial score (nSPS) is 17.4. The van der Waals surface area contributed by atoms with Crippen molar-refractivity contribution in [2.75, 3.05) is 5.32 Å². The Bertz CT molecular complexity index is 1340. The first-order chi connectivity index (χ1) is 17.4. The van der Waals surface area contributed by atoms with Gasteiger partial charge in [-0.25, -0.2) is 19.4 Å². The highest BCUT2D eigenvalue weighted by atomic mass is 16.7. The number of hydrogen-bond donors (Lipinski definition) is 2. The summed E-state index contributed by atoms with van der Waals surface area (Å²) in [6, 6.07) is 5.92. The molecule has 0 aliphatic heterocycles. The molecule has 0 radical (unpaired) electrons. The minimum atomic E-state index is -1.47. The third-order valence-electron chi connectivity index (χ3n) is 6.32. The first-order valence-corrected chi connectivity index (χ1v) is 11.8. The Morgan fingerprint density at radius 3 is 2.49 bits per heavy atom. The summed E-state index contributed by atoms with van der Waals surface area (Å²) in [5.41, 5.74) is 1.16. The number of benzene rings is 1. The number of nitrogens with zero attached hydrogens (tertiary/aromatic N) is 5. The Hall–Kier alpha value is -4.35. The van der Waals surface area contributed by atoms with Crippen LogP contribution in [-0.4, -0.2) is 41.7 Å². The zero-order valence-electron chi connectivity index (χ0n) is 21.0. The van der Waals surface area contributed by atoms with Gasteiger partial charge in [-0.1, -0.05) is 0 Å². The molecule has 1 fully saturated rings. The molecule has 0 bridgehead atoms. The second-order valence-electron chi connectivity index (χ2n) is 10.1. The molecular formula is C25H28N6O6. The van der Waals surface area contributed by atoms with Gasteiger partial charge in [-0.3, -0.25) is 14.9 Å². The molecule has 1 saturated carbocycles. The maximum Gasteiger partial charge on any atom is 0.511 e. The predicted molar refractivity (Wildman–Crippen MR) is 134 cm³/mol. The van der Waals surface area contributed by atoms with Crippen LogP contribution in [0.25, 0.3) is 0 Å². The summed E-state index contributed by atoms with van der Waals surface area (Å²) in [6.45, 7) is 7.50. The summed E-state index contributed by atoms with van der Waals surface area (Å²) < 4.78 is 6.78. The van der Waals surface area contributed by atoms with E-state index in [0.717, 1.165) is 12.1 Å². The van der Waals surface area contributed by atoms with Crippen molar-refractivity contribution >= 4 is 29.3 Å². The fraction of sp³-hybridized carbons (Fsp3) is 0.400. The number of rotatable bonds is 7. The number of Topliss-reactive ketones (excluding diaryl/α,β-unsaturated/α-hetero) is 1. The van der Waals surface area contributed by atoms with Gasteiger partial charge < -0.3 is 15.2 Å². The first kappa shape index (κ1) is 25.7. The van der Waals surface area contributed by atoms with Gasteiger partial charge in [0.25, 0.3) is 5.69 Å². The van der Waals surface area contributed by atoms with Crippen molar-refractivity contribution < 1.29 is 24.4 Å². The zero-order valence-corrected chi connectivity index (χ0v) is 21.0. The molecule has 2 heterocycles. The average molecular weight is 509 g/mol. The van der Waals surface area contributed by atoms with Gasteiger partial charge in [0.2, 0.25) is 0 Å². The van der Waals surface area contributed by atoms with E-state index < -0.39 is 11.1 Å². The van der Waals surface area contributed by atoms with E-state index in [2.05, 4.69) is 15.3 Å². The highest BCUT2D eigenvalue weighted by Gasteiger charge is 2.33. The van der Waals surface area contributed by atoms with Gasteiger partial charge in [0, 0.05) is 36.6 Å². The summed E-state index contributed by atoms with van der Waals surface area (Å²) in [5.74, 6) is 1.05. The molecule has 0 spiro atoms. The quantitative estimate of drug-likeness (QED) is 0.139. The lowest BCUT2D eigenvalue weighted by Crippen LogP contribution is -2.25. The zero-order chi connectivity index (χ0) is 26.9. The minimum absolute atomic E-state index is 0.0530. The Balaban J connectivity index is 1.61. The van der Waals surface area contributed by atoms with Crippen LogP contribution in [0.4, 0.5) is 22.1 Å². The van der Waals surface area contributed by atoms with Gasteiger partial charge >= 0.3 is 6.16 Å². The fourth-order valence-corrected chi connectivity index (χ4v) is 4.59. The van der Waals surface area contributed by atoms with E-state index in [4.69, 9.17) is 14.9 Å². The highest BCUT2D eigenvalue weighted by molar-refractivity contribution is 5.91. The van der Waals surface area contributed by atoms with E-state index in [9.17, 15) is 19.7 Å². The molecule has 1 aromatic carbocycles. The number of ether oxygens (including phenoxy) is 1. The molecular weight excluding hydrogens is 480 g/mol. The van der Waals surface area contributed by atoms with Crippen LogP contribution in [0, 0.1) is 10.1 Å². The van der Waals surface area contributed by atoms with Crippen molar-refractivity contribution in [3.8, 4) is 5.75 Å². The van der Waals surface area contributed by atoms with Crippen LogP contribution in [0.15, 0.2) is 36.7 Å². The number of hydrogen-bond acceptors (Lipinski definition) is 9. The van der Waals surface area contributed by atoms with E-state index in [-0.39, 0.29) is 40.3 Å². The van der Waals surface area contributed by atoms with Crippen LogP contribution in [0.5, 0.6) is 5.75 Å². The highest BCUT2D eigenvalue weighted by Crippen LogP contribution is 2.47. The molecule has 37 heavy (non-hydrogen) atoms. The van der Waals surface area contributed by atoms with Crippen molar-refractivity contribution in [1.29, 1.82) is 0 Å². The number of ketones is 1. The lowest BCUT2D eigenvalue weighted by atomic mass is 9.94. The Kier molecular flexibility index (Phi) is 6.92. The van der Waals surface area contributed by atoms with Crippen LogP contribution in [-0.2, 0) is 5.54 Å². The lowest BCUT2D eigenvalue weighted by Gasteiger charge is -2.22. The number of nitrogens with one attached hydrogen (secondary N) is 1. The molecule has 0 saturated heterocycles. The van der Waals surface area contributed by atoms with Crippen molar-refractivity contribution in [2.45, 2.75) is 64.3 Å². The molecule has 0 unspecified atom stereocenters. The third-order valence-corrected chi connectivity index (χ3v) is 6.32. The Labute approximate surface area is 212 Å². The number of nitro groups is 1. The van der Waals surface area contributed by atoms with Gasteiger partial charge in [0.15, 0.2) is 5.78 Å². The largest absolute Gasteiger partial charge is 0.511 e. The molecule has 1 aliphatic carbocycles. The number of anilines is 2. The summed E-state index contributed by atoms with van der Waals surface area (Å²) in [4.78, 5) is 41.9. The third kappa shape index (κ3) is 5.74. The van der Waals surface area contributed by atoms with Gasteiger partial charge in [0.1, 0.15) is 23.1 Å². The minimum Gasteiger partial charge on any atom is -0.449 e. The molecule has 2 atom stereocenters. The number of non-ortho nitro benzene ring substituents is 1. The van der Waals surface area contributed by atoms with Crippen molar-refractivity contribution in [2.24, 2.45) is 0 Å². The Morgan fingerprint density at radius 2 is 1.89 bits per heavy atom. The maximum absolute atomic E-state index is 11.5. The molecule has 12 nitrogen and oxygen atoms in total. The van der Waals surface area contributed by atoms with Gasteiger partial charge in [-0.2, -0.15) is 5.10 Å². The second-order valence-corrected chi connectivity index (χ2v) is 10.1. The van der Waals surface area contributed by atoms with Crippen LogP contribution in [0.1, 0.15) is 80.5 Å². The molecule has 1 aliphatic rings. The average Bonchev–Trinajstić information content (AvgIpc) is 3.46. The van der Waals surface area contributed by atoms with E-state index in [1.54, 1.807) is 0 Å². The first-order valence-electron chi connectivity index (χ1n) is 11.8. The maximum atomic E-state index is 11.5. The predicted octanol–water partition coefficient (Wildman–Crippen LogP) is 5.39. The van der Waals surface area contributed by atoms with Crippen LogP contribution < -0.4 is 10.1 Å². The summed E-state index contributed by atoms with van der Waals surface area (Å²) >= 11 is 0. The smallest absolute Gasteiger partial charge is 0.449 e. The number of aromatic nitrogens is 4. The van der Waals surface area contributed by atoms with E-state index >= 15 is 0 Å². The SMILES string of the molecule is CC(=O)c1cnc(Nc2cc([C@H]3CC[C@@H](c4cc([N+](=O)[O-])ccc4OC(=O)O)C3)nn2C(C)(C)C)cn1. The van der Waals surface area contributed by atoms with Crippen molar-refractivity contribution in [3.63, 3.8) is 0 Å². The molecule has 0 amide bonds. The topological polar surface area (TPSA) is 162 Å². The van der Waals surface area contributed by atoms with Crippen molar-refractivity contribution in [3.05, 3.63) is 63.7 Å². The number of carbonyl (C=O) groups is 2. The summed E-state index contributed by atoms with van der Waals surface area (Å²) in [7, 11) is 0. The fourth-order valence-electron chi connectivity index (χ4n) is 4.59. The molecule has 2 N–H and O–H groups in total. The molecule has 12 heteroatoms. The van der Waals surface area contributed by atoms with Gasteiger partial charge in [-0.05, 0) is 52.0 Å². The van der Waals surface area contributed by atoms with Crippen LogP contribution >= 0.6 is 0 Å². The summed E-state index contributed by atoms with van der Waals surface area (Å²) in [5, 5.41) is 28.5. The molecule has 2 aromatic heterocycles. The van der Waals surface area contributed by atoms with Gasteiger partial charge in [0.05, 0.1) is 28.5 Å². The molecule has 194 valence electrons. The van der Waals surface area contributed by atoms with E-state index in [0.29, 0.717) is 30.0 Å². The van der Waals surface area contributed by atoms with Crippen LogP contribution in [0.2, 0.25) is 0 Å². The van der Waals surface area contributed by atoms with E-state index in [1.807, 2.05) is 31.5 Å².